The van der Waals surface area contributed by atoms with Gasteiger partial charge in [0.15, 0.2) is 0 Å². The van der Waals surface area contributed by atoms with Gasteiger partial charge in [-0.2, -0.15) is 5.10 Å². The molecule has 0 saturated carbocycles. The first kappa shape index (κ1) is 22.9. The average molecular weight is 455 g/mol. The summed E-state index contributed by atoms with van der Waals surface area (Å²) < 4.78 is 6.56. The Hall–Kier alpha value is -4.23. The second kappa shape index (κ2) is 10.1. The number of hydrogen-bond acceptors (Lipinski definition) is 4. The highest BCUT2D eigenvalue weighted by Gasteiger charge is 2.19. The molecule has 172 valence electrons. The van der Waals surface area contributed by atoms with Gasteiger partial charge in [-0.1, -0.05) is 36.4 Å². The van der Waals surface area contributed by atoms with Gasteiger partial charge in [-0.05, 0) is 61.4 Å². The molecular formula is C27H26N4O3. The topological polar surface area (TPSA) is 85.3 Å². The van der Waals surface area contributed by atoms with Crippen LogP contribution in [0.25, 0.3) is 16.9 Å². The fourth-order valence-corrected chi connectivity index (χ4v) is 3.56. The van der Waals surface area contributed by atoms with Crippen LogP contribution in [0.4, 0.5) is 11.4 Å². The Balaban J connectivity index is 1.67. The van der Waals surface area contributed by atoms with Crippen molar-refractivity contribution in [2.45, 2.75) is 13.8 Å². The monoisotopic (exact) mass is 454 g/mol. The molecule has 4 rings (SSSR count). The lowest BCUT2D eigenvalue weighted by molar-refractivity contribution is -0.119. The summed E-state index contributed by atoms with van der Waals surface area (Å²) in [4.78, 5) is 25.2. The normalized spacial score (nSPS) is 10.7. The van der Waals surface area contributed by atoms with Crippen LogP contribution < -0.4 is 10.6 Å². The lowest BCUT2D eigenvalue weighted by atomic mass is 10.0. The van der Waals surface area contributed by atoms with Crippen LogP contribution in [0.5, 0.6) is 0 Å². The molecule has 0 bridgehead atoms. The minimum atomic E-state index is -0.296. The molecule has 2 amide bonds. The molecule has 7 heteroatoms. The van der Waals surface area contributed by atoms with Gasteiger partial charge in [0.2, 0.25) is 5.91 Å². The molecular weight excluding hydrogens is 428 g/mol. The maximum Gasteiger partial charge on any atom is 0.259 e. The van der Waals surface area contributed by atoms with E-state index in [2.05, 4.69) is 10.6 Å². The number of hydrogen-bond donors (Lipinski definition) is 2. The molecule has 0 spiro atoms. The highest BCUT2D eigenvalue weighted by molar-refractivity contribution is 6.08. The van der Waals surface area contributed by atoms with Gasteiger partial charge >= 0.3 is 0 Å². The molecule has 0 aliphatic rings. The van der Waals surface area contributed by atoms with E-state index in [9.17, 15) is 9.59 Å². The Morgan fingerprint density at radius 3 is 2.32 bits per heavy atom. The van der Waals surface area contributed by atoms with Gasteiger partial charge in [0.05, 0.1) is 11.3 Å². The van der Waals surface area contributed by atoms with E-state index in [1.54, 1.807) is 35.1 Å². The summed E-state index contributed by atoms with van der Waals surface area (Å²) in [6.07, 6.45) is 1.74. The minimum Gasteiger partial charge on any atom is -0.375 e. The van der Waals surface area contributed by atoms with Crippen LogP contribution in [0, 0.1) is 13.8 Å². The van der Waals surface area contributed by atoms with E-state index < -0.39 is 0 Å². The lowest BCUT2D eigenvalue weighted by Crippen LogP contribution is -2.17. The summed E-state index contributed by atoms with van der Waals surface area (Å²) in [7, 11) is 1.46. The van der Waals surface area contributed by atoms with Gasteiger partial charge in [-0.25, -0.2) is 4.68 Å². The number of para-hydroxylation sites is 1. The summed E-state index contributed by atoms with van der Waals surface area (Å²) in [5.41, 5.74) is 6.17. The van der Waals surface area contributed by atoms with Crippen molar-refractivity contribution < 1.29 is 14.3 Å². The van der Waals surface area contributed by atoms with Crippen molar-refractivity contribution in [1.29, 1.82) is 0 Å². The van der Waals surface area contributed by atoms with Crippen LogP contribution in [0.15, 0.2) is 79.0 Å². The highest BCUT2D eigenvalue weighted by atomic mass is 16.5. The van der Waals surface area contributed by atoms with Crippen molar-refractivity contribution in [1.82, 2.24) is 9.78 Å². The molecule has 7 nitrogen and oxygen atoms in total. The molecule has 0 aliphatic carbocycles. The Morgan fingerprint density at radius 2 is 1.62 bits per heavy atom. The molecule has 34 heavy (non-hydrogen) atoms. The molecule has 0 aliphatic heterocycles. The molecule has 0 saturated heterocycles. The fraction of sp³-hybridized carbons (Fsp3) is 0.148. The Morgan fingerprint density at radius 1 is 0.882 bits per heavy atom. The van der Waals surface area contributed by atoms with Crippen LogP contribution in [-0.2, 0) is 9.53 Å². The van der Waals surface area contributed by atoms with Gasteiger partial charge in [0.25, 0.3) is 5.91 Å². The van der Waals surface area contributed by atoms with Crippen molar-refractivity contribution >= 4 is 23.2 Å². The van der Waals surface area contributed by atoms with Crippen LogP contribution in [0.3, 0.4) is 0 Å². The van der Waals surface area contributed by atoms with Crippen molar-refractivity contribution in [2.75, 3.05) is 24.4 Å². The third kappa shape index (κ3) is 5.22. The third-order valence-electron chi connectivity index (χ3n) is 5.44. The lowest BCUT2D eigenvalue weighted by Gasteiger charge is -2.09. The van der Waals surface area contributed by atoms with Crippen LogP contribution >= 0.6 is 0 Å². The number of methoxy groups -OCH3 is 1. The first-order chi connectivity index (χ1) is 16.4. The zero-order valence-corrected chi connectivity index (χ0v) is 19.3. The summed E-state index contributed by atoms with van der Waals surface area (Å²) in [6, 6.07) is 22.7. The predicted octanol–water partition coefficient (Wildman–Crippen LogP) is 4.99. The number of carbonyl (C=O) groups excluding carboxylic acids is 2. The fourth-order valence-electron chi connectivity index (χ4n) is 3.56. The summed E-state index contributed by atoms with van der Waals surface area (Å²) in [5, 5.41) is 10.4. The number of benzene rings is 3. The van der Waals surface area contributed by atoms with Crippen molar-refractivity contribution in [3.8, 4) is 16.9 Å². The molecule has 0 atom stereocenters. The summed E-state index contributed by atoms with van der Waals surface area (Å²) >= 11 is 0. The quantitative estimate of drug-likeness (QED) is 0.412. The second-order valence-electron chi connectivity index (χ2n) is 7.99. The van der Waals surface area contributed by atoms with Gasteiger partial charge in [-0.15, -0.1) is 0 Å². The predicted molar refractivity (Wildman–Crippen MR) is 133 cm³/mol. The molecule has 3 aromatic carbocycles. The maximum atomic E-state index is 13.4. The molecule has 0 fully saturated rings. The first-order valence-electron chi connectivity index (χ1n) is 10.9. The van der Waals surface area contributed by atoms with Gasteiger partial charge in [0.1, 0.15) is 12.3 Å². The molecule has 0 unspecified atom stereocenters. The van der Waals surface area contributed by atoms with Crippen molar-refractivity contribution in [2.24, 2.45) is 0 Å². The molecule has 1 heterocycles. The van der Waals surface area contributed by atoms with E-state index in [0.717, 1.165) is 16.8 Å². The number of aryl methyl sites for hydroxylation is 2. The van der Waals surface area contributed by atoms with Crippen molar-refractivity contribution in [3.05, 3.63) is 95.7 Å². The van der Waals surface area contributed by atoms with Crippen molar-refractivity contribution in [3.63, 3.8) is 0 Å². The number of aromatic nitrogens is 2. The van der Waals surface area contributed by atoms with Gasteiger partial charge in [-0.3, -0.25) is 9.59 Å². The van der Waals surface area contributed by atoms with E-state index in [4.69, 9.17) is 9.84 Å². The number of ether oxygens (including phenoxy) is 1. The van der Waals surface area contributed by atoms with Gasteiger partial charge < -0.3 is 15.4 Å². The SMILES string of the molecule is COCC(=O)Nc1cccc(NC(=O)c2cn(-c3ccccc3)nc2-c2ccc(C)c(C)c2)c1. The Bertz CT molecular complexity index is 1330. The summed E-state index contributed by atoms with van der Waals surface area (Å²) in [5.74, 6) is -0.567. The third-order valence-corrected chi connectivity index (χ3v) is 5.44. The Labute approximate surface area is 198 Å². The van der Waals surface area contributed by atoms with E-state index in [0.29, 0.717) is 22.6 Å². The van der Waals surface area contributed by atoms with Crippen LogP contribution in [-0.4, -0.2) is 35.3 Å². The number of amides is 2. The zero-order chi connectivity index (χ0) is 24.1. The standard InChI is InChI=1S/C27H26N4O3/c1-18-12-13-20(14-19(18)2)26-24(16-31(30-26)23-10-5-4-6-11-23)27(33)29-22-9-7-8-21(15-22)28-25(32)17-34-3/h4-16H,17H2,1-3H3,(H,28,32)(H,29,33). The molecule has 4 aromatic rings. The minimum absolute atomic E-state index is 0.0470. The summed E-state index contributed by atoms with van der Waals surface area (Å²) in [6.45, 7) is 4.04. The van der Waals surface area contributed by atoms with E-state index in [1.807, 2.05) is 62.4 Å². The smallest absolute Gasteiger partial charge is 0.259 e. The average Bonchev–Trinajstić information content (AvgIpc) is 3.28. The van der Waals surface area contributed by atoms with E-state index in [1.165, 1.54) is 12.7 Å². The van der Waals surface area contributed by atoms with Crippen LogP contribution in [0.2, 0.25) is 0 Å². The largest absolute Gasteiger partial charge is 0.375 e. The number of rotatable bonds is 7. The molecule has 1 aromatic heterocycles. The number of nitrogens with zero attached hydrogens (tertiary/aromatic N) is 2. The number of anilines is 2. The molecule has 0 radical (unpaired) electrons. The Kier molecular flexibility index (Phi) is 6.85. The first-order valence-corrected chi connectivity index (χ1v) is 10.9. The van der Waals surface area contributed by atoms with E-state index >= 15 is 0 Å². The number of nitrogens with one attached hydrogen (secondary N) is 2. The van der Waals surface area contributed by atoms with Gasteiger partial charge in [0, 0.05) is 30.2 Å². The van der Waals surface area contributed by atoms with Crippen LogP contribution in [0.1, 0.15) is 21.5 Å². The molecule has 2 N–H and O–H groups in total. The van der Waals surface area contributed by atoms with E-state index in [-0.39, 0.29) is 18.4 Å². The highest BCUT2D eigenvalue weighted by Crippen LogP contribution is 2.27. The maximum absolute atomic E-state index is 13.4. The zero-order valence-electron chi connectivity index (χ0n) is 19.3. The second-order valence-corrected chi connectivity index (χ2v) is 7.99. The number of carbonyl (C=O) groups is 2.